The Kier molecular flexibility index (Phi) is 7.70. The van der Waals surface area contributed by atoms with Gasteiger partial charge in [0.15, 0.2) is 0 Å². The minimum Gasteiger partial charge on any atom is -0.381 e. The average Bonchev–Trinajstić information content (AvgIpc) is 2.75. The summed E-state index contributed by atoms with van der Waals surface area (Å²) in [5.74, 6) is -0.305. The normalized spacial score (nSPS) is 24.4. The Labute approximate surface area is 184 Å². The van der Waals surface area contributed by atoms with Crippen LogP contribution in [0.3, 0.4) is 0 Å². The zero-order valence-electron chi connectivity index (χ0n) is 19.1. The van der Waals surface area contributed by atoms with E-state index >= 15 is 0 Å². The molecule has 2 amide bonds. The highest BCUT2D eigenvalue weighted by Crippen LogP contribution is 2.30. The second-order valence-electron chi connectivity index (χ2n) is 8.90. The minimum atomic E-state index is -0.247. The maximum atomic E-state index is 13.1. The van der Waals surface area contributed by atoms with Crippen LogP contribution in [0, 0.1) is 18.8 Å². The summed E-state index contributed by atoms with van der Waals surface area (Å²) in [6.45, 7) is 10.6. The molecule has 1 aromatic rings. The standard InChI is InChI=1S/C24H35N3O4/c1-5-27(19-6-8-31-9-7-19)22-12-18(14-28)11-20(17(22)4)23(29)25-13-21-15(2)10-16(3)26-24(21)30/h11-12,14-16,19,21H,5-10,13H2,1-4H3,(H,25,29)(H,26,30). The van der Waals surface area contributed by atoms with Crippen molar-refractivity contribution in [3.63, 3.8) is 0 Å². The van der Waals surface area contributed by atoms with Crippen molar-refractivity contribution in [2.75, 3.05) is 31.2 Å². The fourth-order valence-corrected chi connectivity index (χ4v) is 4.93. The third-order valence-electron chi connectivity index (χ3n) is 6.69. The SMILES string of the molecule is CCN(c1cc(C=O)cc(C(=O)NCC2C(=O)NC(C)CC2C)c1C)C1CCOCC1. The number of anilines is 1. The topological polar surface area (TPSA) is 87.7 Å². The molecule has 7 heteroatoms. The number of aldehydes is 1. The van der Waals surface area contributed by atoms with Crippen molar-refractivity contribution in [1.82, 2.24) is 10.6 Å². The number of hydrogen-bond donors (Lipinski definition) is 2. The number of amides is 2. The van der Waals surface area contributed by atoms with Crippen LogP contribution in [0.15, 0.2) is 12.1 Å². The number of carbonyl (C=O) groups is 3. The highest BCUT2D eigenvalue weighted by molar-refractivity contribution is 5.99. The first kappa shape index (κ1) is 23.3. The molecule has 0 spiro atoms. The predicted octanol–water partition coefficient (Wildman–Crippen LogP) is 2.70. The molecular formula is C24H35N3O4. The molecule has 0 aliphatic carbocycles. The number of ether oxygens (including phenoxy) is 1. The van der Waals surface area contributed by atoms with Crippen LogP contribution in [0.5, 0.6) is 0 Å². The molecule has 0 bridgehead atoms. The Bertz CT molecular complexity index is 819. The van der Waals surface area contributed by atoms with E-state index in [1.807, 2.05) is 19.9 Å². The smallest absolute Gasteiger partial charge is 0.251 e. The lowest BCUT2D eigenvalue weighted by Crippen LogP contribution is -2.50. The lowest BCUT2D eigenvalue weighted by atomic mass is 9.84. The van der Waals surface area contributed by atoms with E-state index in [2.05, 4.69) is 29.4 Å². The highest BCUT2D eigenvalue weighted by Gasteiger charge is 2.32. The van der Waals surface area contributed by atoms with E-state index in [0.29, 0.717) is 17.2 Å². The molecule has 2 heterocycles. The van der Waals surface area contributed by atoms with E-state index in [4.69, 9.17) is 4.74 Å². The summed E-state index contributed by atoms with van der Waals surface area (Å²) in [7, 11) is 0. The van der Waals surface area contributed by atoms with Crippen molar-refractivity contribution in [3.8, 4) is 0 Å². The second kappa shape index (κ2) is 10.3. The van der Waals surface area contributed by atoms with E-state index in [-0.39, 0.29) is 36.2 Å². The summed E-state index contributed by atoms with van der Waals surface area (Å²) < 4.78 is 5.50. The molecule has 170 valence electrons. The van der Waals surface area contributed by atoms with Crippen molar-refractivity contribution in [3.05, 3.63) is 28.8 Å². The molecule has 2 fully saturated rings. The molecule has 0 aromatic heterocycles. The molecule has 0 saturated carbocycles. The van der Waals surface area contributed by atoms with Gasteiger partial charge in [-0.3, -0.25) is 14.4 Å². The summed E-state index contributed by atoms with van der Waals surface area (Å²) in [4.78, 5) is 39.4. The van der Waals surface area contributed by atoms with Gasteiger partial charge in [0, 0.05) is 55.2 Å². The first-order chi connectivity index (χ1) is 14.8. The van der Waals surface area contributed by atoms with Crippen molar-refractivity contribution in [2.45, 2.75) is 59.0 Å². The van der Waals surface area contributed by atoms with Gasteiger partial charge in [-0.1, -0.05) is 6.92 Å². The summed E-state index contributed by atoms with van der Waals surface area (Å²) >= 11 is 0. The van der Waals surface area contributed by atoms with Gasteiger partial charge in [-0.15, -0.1) is 0 Å². The molecule has 3 atom stereocenters. The molecule has 3 rings (SSSR count). The summed E-state index contributed by atoms with van der Waals surface area (Å²) in [6.07, 6.45) is 3.53. The van der Waals surface area contributed by atoms with Crippen LogP contribution in [0.1, 0.15) is 66.3 Å². The van der Waals surface area contributed by atoms with E-state index in [1.54, 1.807) is 6.07 Å². The Morgan fingerprint density at radius 3 is 2.61 bits per heavy atom. The number of hydrogen-bond acceptors (Lipinski definition) is 5. The molecule has 2 saturated heterocycles. The quantitative estimate of drug-likeness (QED) is 0.651. The molecule has 3 unspecified atom stereocenters. The van der Waals surface area contributed by atoms with Gasteiger partial charge in [0.2, 0.25) is 5.91 Å². The number of benzene rings is 1. The molecule has 31 heavy (non-hydrogen) atoms. The Balaban J connectivity index is 1.81. The van der Waals surface area contributed by atoms with Gasteiger partial charge in [0.25, 0.3) is 5.91 Å². The molecule has 7 nitrogen and oxygen atoms in total. The van der Waals surface area contributed by atoms with E-state index in [0.717, 1.165) is 56.6 Å². The van der Waals surface area contributed by atoms with Gasteiger partial charge < -0.3 is 20.3 Å². The lowest BCUT2D eigenvalue weighted by molar-refractivity contribution is -0.129. The van der Waals surface area contributed by atoms with E-state index in [1.165, 1.54) is 0 Å². The predicted molar refractivity (Wildman–Crippen MR) is 121 cm³/mol. The van der Waals surface area contributed by atoms with Crippen LogP contribution < -0.4 is 15.5 Å². The minimum absolute atomic E-state index is 0.0118. The number of rotatable bonds is 7. The van der Waals surface area contributed by atoms with Gasteiger partial charge >= 0.3 is 0 Å². The van der Waals surface area contributed by atoms with Gasteiger partial charge in [-0.25, -0.2) is 0 Å². The third kappa shape index (κ3) is 5.26. The first-order valence-corrected chi connectivity index (χ1v) is 11.4. The number of nitrogens with one attached hydrogen (secondary N) is 2. The monoisotopic (exact) mass is 429 g/mol. The molecule has 2 aliphatic rings. The second-order valence-corrected chi connectivity index (χ2v) is 8.90. The van der Waals surface area contributed by atoms with Crippen molar-refractivity contribution in [1.29, 1.82) is 0 Å². The van der Waals surface area contributed by atoms with E-state index < -0.39 is 0 Å². The molecule has 0 radical (unpaired) electrons. The molecular weight excluding hydrogens is 394 g/mol. The van der Waals surface area contributed by atoms with Crippen molar-refractivity contribution in [2.24, 2.45) is 11.8 Å². The maximum absolute atomic E-state index is 13.1. The van der Waals surface area contributed by atoms with Gasteiger partial charge in [-0.2, -0.15) is 0 Å². The van der Waals surface area contributed by atoms with Crippen LogP contribution in [-0.2, 0) is 9.53 Å². The number of carbonyl (C=O) groups excluding carboxylic acids is 3. The van der Waals surface area contributed by atoms with Gasteiger partial charge in [-0.05, 0) is 63.6 Å². The highest BCUT2D eigenvalue weighted by atomic mass is 16.5. The van der Waals surface area contributed by atoms with Crippen molar-refractivity contribution >= 4 is 23.8 Å². The summed E-state index contributed by atoms with van der Waals surface area (Å²) in [5.41, 5.74) is 2.74. The van der Waals surface area contributed by atoms with Crippen molar-refractivity contribution < 1.29 is 19.1 Å². The Morgan fingerprint density at radius 2 is 2.00 bits per heavy atom. The summed E-state index contributed by atoms with van der Waals surface area (Å²) in [5, 5.41) is 5.91. The molecule has 2 aliphatic heterocycles. The van der Waals surface area contributed by atoms with Crippen LogP contribution >= 0.6 is 0 Å². The zero-order chi connectivity index (χ0) is 22.5. The average molecular weight is 430 g/mol. The molecule has 2 N–H and O–H groups in total. The molecule has 1 aromatic carbocycles. The van der Waals surface area contributed by atoms with E-state index in [9.17, 15) is 14.4 Å². The van der Waals surface area contributed by atoms with Crippen LogP contribution in [0.25, 0.3) is 0 Å². The lowest BCUT2D eigenvalue weighted by Gasteiger charge is -2.36. The maximum Gasteiger partial charge on any atom is 0.251 e. The number of nitrogens with zero attached hydrogens (tertiary/aromatic N) is 1. The largest absolute Gasteiger partial charge is 0.381 e. The van der Waals surface area contributed by atoms with Crippen LogP contribution in [0.4, 0.5) is 5.69 Å². The van der Waals surface area contributed by atoms with Crippen LogP contribution in [-0.4, -0.2) is 56.5 Å². The van der Waals surface area contributed by atoms with Gasteiger partial charge in [0.1, 0.15) is 6.29 Å². The van der Waals surface area contributed by atoms with Crippen LogP contribution in [0.2, 0.25) is 0 Å². The number of piperidine rings is 1. The fraction of sp³-hybridized carbons (Fsp3) is 0.625. The zero-order valence-corrected chi connectivity index (χ0v) is 19.1. The summed E-state index contributed by atoms with van der Waals surface area (Å²) in [6, 6.07) is 4.00. The van der Waals surface area contributed by atoms with Gasteiger partial charge in [0.05, 0.1) is 5.92 Å². The third-order valence-corrected chi connectivity index (χ3v) is 6.69. The Hall–Kier alpha value is -2.41. The first-order valence-electron chi connectivity index (χ1n) is 11.4. The fourth-order valence-electron chi connectivity index (χ4n) is 4.93. The Morgan fingerprint density at radius 1 is 1.29 bits per heavy atom.